The number of halogens is 1. The summed E-state index contributed by atoms with van der Waals surface area (Å²) in [5.41, 5.74) is 2.84. The fourth-order valence-corrected chi connectivity index (χ4v) is 3.92. The van der Waals surface area contributed by atoms with Crippen molar-refractivity contribution in [3.05, 3.63) is 88.8 Å². The van der Waals surface area contributed by atoms with Crippen LogP contribution in [-0.4, -0.2) is 39.8 Å². The number of thiophene rings is 1. The van der Waals surface area contributed by atoms with Gasteiger partial charge in [0.25, 0.3) is 5.82 Å². The second-order valence-electron chi connectivity index (χ2n) is 7.60. The summed E-state index contributed by atoms with van der Waals surface area (Å²) >= 11 is 1.44. The molecule has 1 N–H and O–H groups in total. The van der Waals surface area contributed by atoms with Gasteiger partial charge >= 0.3 is 5.97 Å². The van der Waals surface area contributed by atoms with Crippen LogP contribution in [-0.2, 0) is 16.0 Å². The lowest BCUT2D eigenvalue weighted by Gasteiger charge is -2.06. The van der Waals surface area contributed by atoms with Crippen LogP contribution in [0.5, 0.6) is 0 Å². The summed E-state index contributed by atoms with van der Waals surface area (Å²) < 4.78 is 20.1. The average molecular weight is 479 g/mol. The minimum absolute atomic E-state index is 0.00543. The molecule has 4 rings (SSSR count). The van der Waals surface area contributed by atoms with Gasteiger partial charge in [-0.25, -0.2) is 13.9 Å². The molecule has 2 heterocycles. The van der Waals surface area contributed by atoms with Crippen molar-refractivity contribution in [2.75, 3.05) is 13.2 Å². The summed E-state index contributed by atoms with van der Waals surface area (Å²) in [4.78, 5) is 29.7. The zero-order valence-corrected chi connectivity index (χ0v) is 19.3. The number of esters is 1. The maximum absolute atomic E-state index is 13.3. The summed E-state index contributed by atoms with van der Waals surface area (Å²) in [5, 5.41) is 8.91. The van der Waals surface area contributed by atoms with E-state index in [4.69, 9.17) is 4.74 Å². The number of carbonyl (C=O) groups excluding carboxylic acids is 2. The number of hydrogen-bond donors (Lipinski definition) is 1. The molecule has 0 fully saturated rings. The van der Waals surface area contributed by atoms with Crippen LogP contribution in [0, 0.1) is 12.7 Å². The van der Waals surface area contributed by atoms with Crippen molar-refractivity contribution in [3.8, 4) is 16.4 Å². The highest BCUT2D eigenvalue weighted by molar-refractivity contribution is 7.13. The summed E-state index contributed by atoms with van der Waals surface area (Å²) in [6.45, 7) is 2.20. The lowest BCUT2D eigenvalue weighted by atomic mass is 10.1. The van der Waals surface area contributed by atoms with Gasteiger partial charge in [-0.1, -0.05) is 35.9 Å². The second kappa shape index (κ2) is 10.8. The van der Waals surface area contributed by atoms with E-state index in [9.17, 15) is 14.0 Å². The Labute approximate surface area is 200 Å². The van der Waals surface area contributed by atoms with Gasteiger partial charge in [0, 0.05) is 6.42 Å². The van der Waals surface area contributed by atoms with Crippen LogP contribution in [0.4, 0.5) is 4.39 Å². The molecule has 0 aliphatic carbocycles. The van der Waals surface area contributed by atoms with E-state index < -0.39 is 5.97 Å². The van der Waals surface area contributed by atoms with Gasteiger partial charge in [0.15, 0.2) is 5.82 Å². The molecule has 0 radical (unpaired) electrons. The second-order valence-corrected chi connectivity index (χ2v) is 8.54. The number of carbonyl (C=O) groups is 2. The van der Waals surface area contributed by atoms with Gasteiger partial charge in [-0.2, -0.15) is 4.98 Å². The fourth-order valence-electron chi connectivity index (χ4n) is 3.23. The van der Waals surface area contributed by atoms with Crippen LogP contribution < -0.4 is 5.32 Å². The third kappa shape index (κ3) is 5.93. The molecule has 7 nitrogen and oxygen atoms in total. The maximum atomic E-state index is 13.3. The highest BCUT2D eigenvalue weighted by atomic mass is 32.1. The molecule has 174 valence electrons. The van der Waals surface area contributed by atoms with Crippen molar-refractivity contribution in [2.24, 2.45) is 0 Å². The Morgan fingerprint density at radius 3 is 2.56 bits per heavy atom. The minimum Gasteiger partial charge on any atom is -0.458 e. The molecule has 0 spiro atoms. The van der Waals surface area contributed by atoms with Crippen molar-refractivity contribution < 1.29 is 18.7 Å². The first-order valence-corrected chi connectivity index (χ1v) is 11.6. The SMILES string of the molecule is Cc1ccc(CCC(=O)NCCOC(=O)c2nc(-c3cccs3)n(-c3ccc(F)cc3)n2)cc1. The fraction of sp³-hybridized carbons (Fsp3) is 0.200. The molecule has 0 saturated carbocycles. The first-order chi connectivity index (χ1) is 16.5. The van der Waals surface area contributed by atoms with Gasteiger partial charge in [-0.05, 0) is 54.6 Å². The quantitative estimate of drug-likeness (QED) is 0.286. The summed E-state index contributed by atoms with van der Waals surface area (Å²) in [6.07, 6.45) is 0.993. The molecule has 0 aliphatic rings. The Hall–Kier alpha value is -3.85. The first-order valence-electron chi connectivity index (χ1n) is 10.8. The number of nitrogens with zero attached hydrogens (tertiary/aromatic N) is 3. The molecule has 34 heavy (non-hydrogen) atoms. The molecule has 9 heteroatoms. The predicted octanol–water partition coefficient (Wildman–Crippen LogP) is 4.35. The largest absolute Gasteiger partial charge is 0.458 e. The highest BCUT2D eigenvalue weighted by Gasteiger charge is 2.20. The van der Waals surface area contributed by atoms with Gasteiger partial charge in [0.05, 0.1) is 17.1 Å². The molecule has 0 bridgehead atoms. The summed E-state index contributed by atoms with van der Waals surface area (Å²) in [7, 11) is 0. The van der Waals surface area contributed by atoms with Gasteiger partial charge in [0.1, 0.15) is 12.4 Å². The molecule has 1 amide bonds. The van der Waals surface area contributed by atoms with E-state index in [-0.39, 0.29) is 30.7 Å². The third-order valence-electron chi connectivity index (χ3n) is 5.02. The van der Waals surface area contributed by atoms with Crippen LogP contribution in [0.2, 0.25) is 0 Å². The van der Waals surface area contributed by atoms with Crippen LogP contribution >= 0.6 is 11.3 Å². The Kier molecular flexibility index (Phi) is 7.44. The third-order valence-corrected chi connectivity index (χ3v) is 5.89. The Bertz CT molecular complexity index is 1250. The number of aryl methyl sites for hydroxylation is 2. The highest BCUT2D eigenvalue weighted by Crippen LogP contribution is 2.25. The van der Waals surface area contributed by atoms with Crippen molar-refractivity contribution in [2.45, 2.75) is 19.8 Å². The lowest BCUT2D eigenvalue weighted by Crippen LogP contribution is -2.28. The van der Waals surface area contributed by atoms with Crippen LogP contribution in [0.15, 0.2) is 66.0 Å². The van der Waals surface area contributed by atoms with Crippen LogP contribution in [0.1, 0.15) is 28.2 Å². The smallest absolute Gasteiger partial charge is 0.378 e. The Morgan fingerprint density at radius 1 is 1.09 bits per heavy atom. The number of nitrogens with one attached hydrogen (secondary N) is 1. The maximum Gasteiger partial charge on any atom is 0.378 e. The van der Waals surface area contributed by atoms with Crippen molar-refractivity contribution in [1.29, 1.82) is 0 Å². The van der Waals surface area contributed by atoms with Crippen LogP contribution in [0.25, 0.3) is 16.4 Å². The Morgan fingerprint density at radius 2 is 1.85 bits per heavy atom. The monoisotopic (exact) mass is 478 g/mol. The molecular weight excluding hydrogens is 455 g/mol. The number of hydrogen-bond acceptors (Lipinski definition) is 6. The number of rotatable bonds is 9. The lowest BCUT2D eigenvalue weighted by molar-refractivity contribution is -0.121. The number of benzene rings is 2. The molecular formula is C25H23FN4O3S. The number of aromatic nitrogens is 3. The van der Waals surface area contributed by atoms with Crippen molar-refractivity contribution >= 4 is 23.2 Å². The standard InChI is InChI=1S/C25H23FN4O3S/c1-17-4-6-18(7-5-17)8-13-22(31)27-14-15-33-25(32)23-28-24(21-3-2-16-34-21)30(29-23)20-11-9-19(26)10-12-20/h2-7,9-12,16H,8,13-15H2,1H3,(H,27,31). The topological polar surface area (TPSA) is 86.1 Å². The molecule has 2 aromatic carbocycles. The van der Waals surface area contributed by atoms with E-state index in [2.05, 4.69) is 15.4 Å². The predicted molar refractivity (Wildman–Crippen MR) is 127 cm³/mol. The van der Waals surface area contributed by atoms with Crippen molar-refractivity contribution in [3.63, 3.8) is 0 Å². The van der Waals surface area contributed by atoms with E-state index in [0.29, 0.717) is 24.4 Å². The molecule has 0 unspecified atom stereocenters. The van der Waals surface area contributed by atoms with Gasteiger partial charge in [-0.15, -0.1) is 16.4 Å². The van der Waals surface area contributed by atoms with E-state index in [1.165, 1.54) is 33.7 Å². The van der Waals surface area contributed by atoms with Crippen molar-refractivity contribution in [1.82, 2.24) is 20.1 Å². The van der Waals surface area contributed by atoms with Gasteiger partial charge in [-0.3, -0.25) is 4.79 Å². The summed E-state index contributed by atoms with van der Waals surface area (Å²) in [6, 6.07) is 17.5. The zero-order valence-electron chi connectivity index (χ0n) is 18.5. The Balaban J connectivity index is 1.32. The number of ether oxygens (including phenoxy) is 1. The van der Waals surface area contributed by atoms with E-state index >= 15 is 0 Å². The number of amides is 1. The molecule has 0 atom stereocenters. The van der Waals surface area contributed by atoms with Gasteiger partial charge in [0.2, 0.25) is 5.91 Å². The molecule has 0 saturated heterocycles. The first kappa shape index (κ1) is 23.3. The van der Waals surface area contributed by atoms with Gasteiger partial charge < -0.3 is 10.1 Å². The molecule has 4 aromatic rings. The molecule has 2 aromatic heterocycles. The molecule has 0 aliphatic heterocycles. The normalized spacial score (nSPS) is 10.8. The van der Waals surface area contributed by atoms with E-state index in [0.717, 1.165) is 10.4 Å². The average Bonchev–Trinajstić information content (AvgIpc) is 3.52. The summed E-state index contributed by atoms with van der Waals surface area (Å²) in [5.74, 6) is -0.846. The van der Waals surface area contributed by atoms with E-state index in [1.807, 2.05) is 48.7 Å². The van der Waals surface area contributed by atoms with Crippen LogP contribution in [0.3, 0.4) is 0 Å². The zero-order chi connectivity index (χ0) is 23.9. The van der Waals surface area contributed by atoms with E-state index in [1.54, 1.807) is 12.1 Å². The minimum atomic E-state index is -0.701.